The molecule has 0 bridgehead atoms. The Morgan fingerprint density at radius 1 is 1.59 bits per heavy atom. The highest BCUT2D eigenvalue weighted by atomic mass is 35.5. The highest BCUT2D eigenvalue weighted by molar-refractivity contribution is 6.31. The van der Waals surface area contributed by atoms with Crippen LogP contribution in [0.15, 0.2) is 6.20 Å². The molecule has 1 aromatic rings. The third kappa shape index (κ3) is 3.40. The van der Waals surface area contributed by atoms with Crippen molar-refractivity contribution in [3.05, 3.63) is 16.9 Å². The molecule has 0 spiro atoms. The van der Waals surface area contributed by atoms with Gasteiger partial charge in [0.05, 0.1) is 42.2 Å². The summed E-state index contributed by atoms with van der Waals surface area (Å²) in [6, 6.07) is -0.216. The van der Waals surface area contributed by atoms with E-state index in [1.54, 1.807) is 25.1 Å². The van der Waals surface area contributed by atoms with E-state index in [2.05, 4.69) is 10.5 Å². The standard InChI is InChI=1S/C10H19ClN4O2/c1-7(17-3)9(14-12)10-8(11)6-13-15(10)4-5-16-2/h6-7,9,14H,4-5,12H2,1-3H3. The molecule has 1 rings (SSSR count). The van der Waals surface area contributed by atoms with Gasteiger partial charge in [0.15, 0.2) is 0 Å². The second-order valence-corrected chi connectivity index (χ2v) is 4.09. The number of halogens is 1. The molecule has 0 aromatic carbocycles. The van der Waals surface area contributed by atoms with Crippen LogP contribution in [-0.2, 0) is 16.0 Å². The van der Waals surface area contributed by atoms with Gasteiger partial charge in [-0.15, -0.1) is 0 Å². The van der Waals surface area contributed by atoms with Crippen molar-refractivity contribution in [3.63, 3.8) is 0 Å². The number of aromatic nitrogens is 2. The van der Waals surface area contributed by atoms with Gasteiger partial charge in [-0.2, -0.15) is 5.10 Å². The number of methoxy groups -OCH3 is 2. The second-order valence-electron chi connectivity index (χ2n) is 3.68. The minimum absolute atomic E-state index is 0.115. The Hall–Kier alpha value is -0.660. The van der Waals surface area contributed by atoms with Crippen LogP contribution in [-0.4, -0.2) is 36.7 Å². The molecule has 7 heteroatoms. The van der Waals surface area contributed by atoms with Gasteiger partial charge in [0.25, 0.3) is 0 Å². The molecule has 0 fully saturated rings. The predicted octanol–water partition coefficient (Wildman–Crippen LogP) is 0.722. The maximum atomic E-state index is 6.12. The van der Waals surface area contributed by atoms with Gasteiger partial charge < -0.3 is 9.47 Å². The van der Waals surface area contributed by atoms with Crippen molar-refractivity contribution in [1.29, 1.82) is 0 Å². The van der Waals surface area contributed by atoms with E-state index in [-0.39, 0.29) is 12.1 Å². The van der Waals surface area contributed by atoms with E-state index < -0.39 is 0 Å². The molecule has 1 aromatic heterocycles. The van der Waals surface area contributed by atoms with Gasteiger partial charge in [0.1, 0.15) is 0 Å². The van der Waals surface area contributed by atoms with Crippen LogP contribution in [0.1, 0.15) is 18.7 Å². The lowest BCUT2D eigenvalue weighted by Crippen LogP contribution is -2.38. The molecule has 0 aliphatic rings. The Balaban J connectivity index is 2.96. The van der Waals surface area contributed by atoms with Crippen LogP contribution in [0.4, 0.5) is 0 Å². The molecular formula is C10H19ClN4O2. The average Bonchev–Trinajstić information content (AvgIpc) is 2.69. The summed E-state index contributed by atoms with van der Waals surface area (Å²) in [5, 5.41) is 4.76. The number of ether oxygens (including phenoxy) is 2. The number of rotatable bonds is 7. The second kappa shape index (κ2) is 6.93. The third-order valence-corrected chi connectivity index (χ3v) is 2.95. The Kier molecular flexibility index (Phi) is 5.87. The van der Waals surface area contributed by atoms with Crippen molar-refractivity contribution in [2.75, 3.05) is 20.8 Å². The summed E-state index contributed by atoms with van der Waals surface area (Å²) in [6.45, 7) is 3.09. The van der Waals surface area contributed by atoms with Crippen LogP contribution < -0.4 is 11.3 Å². The number of hydrogen-bond acceptors (Lipinski definition) is 5. The van der Waals surface area contributed by atoms with Crippen LogP contribution in [0.25, 0.3) is 0 Å². The van der Waals surface area contributed by atoms with E-state index in [1.165, 1.54) is 0 Å². The van der Waals surface area contributed by atoms with Gasteiger partial charge in [0.2, 0.25) is 0 Å². The van der Waals surface area contributed by atoms with Crippen LogP contribution >= 0.6 is 11.6 Å². The number of nitrogens with two attached hydrogens (primary N) is 1. The maximum absolute atomic E-state index is 6.12. The summed E-state index contributed by atoms with van der Waals surface area (Å²) in [4.78, 5) is 0. The van der Waals surface area contributed by atoms with E-state index in [0.29, 0.717) is 18.2 Å². The molecule has 0 amide bonds. The largest absolute Gasteiger partial charge is 0.383 e. The molecule has 1 heterocycles. The fraction of sp³-hybridized carbons (Fsp3) is 0.700. The zero-order valence-corrected chi connectivity index (χ0v) is 11.1. The predicted molar refractivity (Wildman–Crippen MR) is 65.6 cm³/mol. The molecule has 0 saturated heterocycles. The third-order valence-electron chi connectivity index (χ3n) is 2.66. The summed E-state index contributed by atoms with van der Waals surface area (Å²) >= 11 is 6.12. The van der Waals surface area contributed by atoms with Crippen LogP contribution in [0.2, 0.25) is 5.02 Å². The monoisotopic (exact) mass is 262 g/mol. The normalized spacial score (nSPS) is 14.9. The van der Waals surface area contributed by atoms with E-state index in [1.807, 2.05) is 6.92 Å². The summed E-state index contributed by atoms with van der Waals surface area (Å²) in [5.41, 5.74) is 3.51. The van der Waals surface area contributed by atoms with Crippen molar-refractivity contribution in [3.8, 4) is 0 Å². The summed E-state index contributed by atoms with van der Waals surface area (Å²) in [6.07, 6.45) is 1.48. The molecule has 98 valence electrons. The molecule has 3 N–H and O–H groups in total. The van der Waals surface area contributed by atoms with Crippen LogP contribution in [0.5, 0.6) is 0 Å². The van der Waals surface area contributed by atoms with E-state index in [0.717, 1.165) is 5.69 Å². The molecule has 2 atom stereocenters. The molecule has 0 radical (unpaired) electrons. The van der Waals surface area contributed by atoms with Gasteiger partial charge >= 0.3 is 0 Å². The first kappa shape index (κ1) is 14.4. The van der Waals surface area contributed by atoms with Crippen LogP contribution in [0, 0.1) is 0 Å². The van der Waals surface area contributed by atoms with Gasteiger partial charge in [-0.3, -0.25) is 10.5 Å². The van der Waals surface area contributed by atoms with Crippen molar-refractivity contribution in [2.24, 2.45) is 5.84 Å². The maximum Gasteiger partial charge on any atom is 0.0902 e. The van der Waals surface area contributed by atoms with Gasteiger partial charge in [0, 0.05) is 14.2 Å². The van der Waals surface area contributed by atoms with Crippen molar-refractivity contribution < 1.29 is 9.47 Å². The summed E-state index contributed by atoms with van der Waals surface area (Å²) in [5.74, 6) is 5.55. The molecule has 17 heavy (non-hydrogen) atoms. The fourth-order valence-electron chi connectivity index (χ4n) is 1.61. The first-order chi connectivity index (χ1) is 8.15. The van der Waals surface area contributed by atoms with E-state index in [4.69, 9.17) is 26.9 Å². The molecule has 0 saturated carbocycles. The number of nitrogens with one attached hydrogen (secondary N) is 1. The quantitative estimate of drug-likeness (QED) is 0.560. The average molecular weight is 263 g/mol. The van der Waals surface area contributed by atoms with Gasteiger partial charge in [-0.25, -0.2) is 5.43 Å². The smallest absolute Gasteiger partial charge is 0.0902 e. The zero-order valence-electron chi connectivity index (χ0n) is 10.3. The SMILES string of the molecule is COCCn1ncc(Cl)c1C(NN)C(C)OC. The van der Waals surface area contributed by atoms with E-state index in [9.17, 15) is 0 Å². The highest BCUT2D eigenvalue weighted by Gasteiger charge is 2.24. The zero-order chi connectivity index (χ0) is 12.8. The lowest BCUT2D eigenvalue weighted by atomic mass is 10.1. The minimum Gasteiger partial charge on any atom is -0.383 e. The summed E-state index contributed by atoms with van der Waals surface area (Å²) < 4.78 is 12.1. The lowest BCUT2D eigenvalue weighted by molar-refractivity contribution is 0.0791. The number of hydrazine groups is 1. The fourth-order valence-corrected chi connectivity index (χ4v) is 1.87. The Bertz CT molecular complexity index is 345. The molecule has 2 unspecified atom stereocenters. The van der Waals surface area contributed by atoms with Crippen molar-refractivity contribution in [1.82, 2.24) is 15.2 Å². The van der Waals surface area contributed by atoms with Gasteiger partial charge in [-0.1, -0.05) is 11.6 Å². The summed E-state index contributed by atoms with van der Waals surface area (Å²) in [7, 11) is 3.26. The van der Waals surface area contributed by atoms with Crippen LogP contribution in [0.3, 0.4) is 0 Å². The topological polar surface area (TPSA) is 74.3 Å². The first-order valence-corrected chi connectivity index (χ1v) is 5.72. The minimum atomic E-state index is -0.216. The molecular weight excluding hydrogens is 244 g/mol. The Morgan fingerprint density at radius 2 is 2.29 bits per heavy atom. The first-order valence-electron chi connectivity index (χ1n) is 5.34. The van der Waals surface area contributed by atoms with E-state index >= 15 is 0 Å². The van der Waals surface area contributed by atoms with Crippen molar-refractivity contribution in [2.45, 2.75) is 25.6 Å². The van der Waals surface area contributed by atoms with Crippen molar-refractivity contribution >= 4 is 11.6 Å². The Labute approximate surface area is 106 Å². The number of hydrogen-bond donors (Lipinski definition) is 2. The number of nitrogens with zero attached hydrogens (tertiary/aromatic N) is 2. The van der Waals surface area contributed by atoms with Gasteiger partial charge in [-0.05, 0) is 6.92 Å². The molecule has 6 nitrogen and oxygen atoms in total. The lowest BCUT2D eigenvalue weighted by Gasteiger charge is -2.23. The molecule has 0 aliphatic heterocycles. The molecule has 0 aliphatic carbocycles. The Morgan fingerprint density at radius 3 is 2.82 bits per heavy atom. The highest BCUT2D eigenvalue weighted by Crippen LogP contribution is 2.25.